The van der Waals surface area contributed by atoms with Crippen molar-refractivity contribution in [3.05, 3.63) is 11.6 Å². The van der Waals surface area contributed by atoms with Crippen molar-refractivity contribution < 1.29 is 9.53 Å². The molecule has 21 heavy (non-hydrogen) atoms. The molecular formula is C15H28N4O2. The molecule has 0 aliphatic heterocycles. The van der Waals surface area contributed by atoms with Gasteiger partial charge in [-0.05, 0) is 26.8 Å². The van der Waals surface area contributed by atoms with Crippen molar-refractivity contribution in [2.45, 2.75) is 66.0 Å². The molecular weight excluding hydrogens is 268 g/mol. The Bertz CT molecular complexity index is 459. The first kappa shape index (κ1) is 17.6. The molecule has 120 valence electrons. The van der Waals surface area contributed by atoms with Gasteiger partial charge in [-0.1, -0.05) is 20.8 Å². The van der Waals surface area contributed by atoms with Crippen molar-refractivity contribution >= 4 is 5.97 Å². The minimum Gasteiger partial charge on any atom is -0.465 e. The van der Waals surface area contributed by atoms with Crippen LogP contribution in [0.4, 0.5) is 0 Å². The quantitative estimate of drug-likeness (QED) is 0.703. The van der Waals surface area contributed by atoms with E-state index in [0.29, 0.717) is 26.1 Å². The van der Waals surface area contributed by atoms with Gasteiger partial charge in [0.15, 0.2) is 5.82 Å². The average Bonchev–Trinajstić information content (AvgIpc) is 2.88. The van der Waals surface area contributed by atoms with Crippen molar-refractivity contribution in [1.82, 2.24) is 20.1 Å². The largest absolute Gasteiger partial charge is 0.465 e. The molecule has 0 saturated heterocycles. The number of hydrogen-bond acceptors (Lipinski definition) is 5. The van der Waals surface area contributed by atoms with E-state index in [4.69, 9.17) is 4.74 Å². The van der Waals surface area contributed by atoms with Crippen LogP contribution in [0.3, 0.4) is 0 Å². The minimum absolute atomic E-state index is 0.208. The summed E-state index contributed by atoms with van der Waals surface area (Å²) in [7, 11) is 0. The van der Waals surface area contributed by atoms with Gasteiger partial charge in [0.2, 0.25) is 0 Å². The number of nitrogens with zero attached hydrogens (tertiary/aromatic N) is 3. The summed E-state index contributed by atoms with van der Waals surface area (Å²) in [6.45, 7) is 11.6. The number of aromatic nitrogens is 3. The Balaban J connectivity index is 2.81. The second-order valence-corrected chi connectivity index (χ2v) is 5.21. The number of hydrogen-bond donors (Lipinski definition) is 1. The van der Waals surface area contributed by atoms with Crippen molar-refractivity contribution in [2.75, 3.05) is 13.2 Å². The lowest BCUT2D eigenvalue weighted by atomic mass is 9.98. The second-order valence-electron chi connectivity index (χ2n) is 5.21. The topological polar surface area (TPSA) is 69.0 Å². The van der Waals surface area contributed by atoms with Crippen LogP contribution in [0.25, 0.3) is 0 Å². The van der Waals surface area contributed by atoms with Gasteiger partial charge in [0, 0.05) is 19.4 Å². The molecule has 0 fully saturated rings. The van der Waals surface area contributed by atoms with Crippen LogP contribution in [0.2, 0.25) is 0 Å². The number of aryl methyl sites for hydroxylation is 3. The summed E-state index contributed by atoms with van der Waals surface area (Å²) < 4.78 is 7.09. The molecule has 1 aromatic rings. The van der Waals surface area contributed by atoms with Crippen LogP contribution in [-0.2, 0) is 28.9 Å². The van der Waals surface area contributed by atoms with E-state index >= 15 is 0 Å². The van der Waals surface area contributed by atoms with Gasteiger partial charge in [-0.25, -0.2) is 9.67 Å². The predicted octanol–water partition coefficient (Wildman–Crippen LogP) is 1.72. The number of rotatable bonds is 9. The maximum atomic E-state index is 12.2. The first-order valence-electron chi connectivity index (χ1n) is 7.85. The van der Waals surface area contributed by atoms with Crippen molar-refractivity contribution in [3.8, 4) is 0 Å². The molecule has 1 atom stereocenters. The fourth-order valence-corrected chi connectivity index (χ4v) is 2.29. The highest BCUT2D eigenvalue weighted by atomic mass is 16.5. The Kier molecular flexibility index (Phi) is 6.81. The van der Waals surface area contributed by atoms with Gasteiger partial charge in [0.1, 0.15) is 11.4 Å². The lowest BCUT2D eigenvalue weighted by molar-refractivity contribution is -0.151. The molecule has 1 aromatic heterocycles. The molecule has 0 aliphatic rings. The number of ether oxygens (including phenoxy) is 1. The van der Waals surface area contributed by atoms with Gasteiger partial charge in [0.25, 0.3) is 0 Å². The molecule has 1 N–H and O–H groups in total. The normalized spacial score (nSPS) is 14.0. The summed E-state index contributed by atoms with van der Waals surface area (Å²) in [5.41, 5.74) is -0.686. The summed E-state index contributed by atoms with van der Waals surface area (Å²) in [5.74, 6) is 1.61. The van der Waals surface area contributed by atoms with E-state index < -0.39 is 5.54 Å². The highest BCUT2D eigenvalue weighted by molar-refractivity contribution is 5.80. The highest BCUT2D eigenvalue weighted by Gasteiger charge is 2.33. The Hall–Kier alpha value is -1.43. The summed E-state index contributed by atoms with van der Waals surface area (Å²) >= 11 is 0. The lowest BCUT2D eigenvalue weighted by Gasteiger charge is -2.28. The van der Waals surface area contributed by atoms with E-state index in [1.807, 2.05) is 32.4 Å². The van der Waals surface area contributed by atoms with Crippen molar-refractivity contribution in [2.24, 2.45) is 0 Å². The molecule has 1 unspecified atom stereocenters. The van der Waals surface area contributed by atoms with Crippen LogP contribution < -0.4 is 5.32 Å². The van der Waals surface area contributed by atoms with Gasteiger partial charge in [-0.2, -0.15) is 5.10 Å². The number of esters is 1. The Morgan fingerprint density at radius 1 is 1.29 bits per heavy atom. The summed E-state index contributed by atoms with van der Waals surface area (Å²) in [6, 6.07) is 0. The van der Waals surface area contributed by atoms with Crippen LogP contribution in [-0.4, -0.2) is 39.4 Å². The van der Waals surface area contributed by atoms with E-state index in [1.165, 1.54) is 0 Å². The fourth-order valence-electron chi connectivity index (χ4n) is 2.29. The maximum absolute atomic E-state index is 12.2. The molecule has 0 aromatic carbocycles. The number of carbonyl (C=O) groups excluding carboxylic acids is 1. The van der Waals surface area contributed by atoms with Crippen LogP contribution in [0.5, 0.6) is 0 Å². The average molecular weight is 296 g/mol. The second kappa shape index (κ2) is 8.12. The lowest BCUT2D eigenvalue weighted by Crippen LogP contribution is -2.51. The van der Waals surface area contributed by atoms with E-state index in [9.17, 15) is 4.79 Å². The Labute approximate surface area is 127 Å². The van der Waals surface area contributed by atoms with Crippen molar-refractivity contribution in [3.63, 3.8) is 0 Å². The third kappa shape index (κ3) is 4.52. The summed E-state index contributed by atoms with van der Waals surface area (Å²) in [4.78, 5) is 16.7. The monoisotopic (exact) mass is 296 g/mol. The highest BCUT2D eigenvalue weighted by Crippen LogP contribution is 2.15. The smallest absolute Gasteiger partial charge is 0.326 e. The van der Waals surface area contributed by atoms with Gasteiger partial charge in [-0.3, -0.25) is 4.79 Å². The number of likely N-dealkylation sites (N-methyl/N-ethyl adjacent to an activating group) is 1. The molecule has 0 saturated carbocycles. The maximum Gasteiger partial charge on any atom is 0.326 e. The van der Waals surface area contributed by atoms with E-state index in [1.54, 1.807) is 0 Å². The summed E-state index contributed by atoms with van der Waals surface area (Å²) in [6.07, 6.45) is 2.28. The molecule has 6 nitrogen and oxygen atoms in total. The molecule has 6 heteroatoms. The third-order valence-electron chi connectivity index (χ3n) is 3.54. The van der Waals surface area contributed by atoms with Crippen molar-refractivity contribution in [1.29, 1.82) is 0 Å². The number of carbonyl (C=O) groups is 1. The molecule has 0 bridgehead atoms. The van der Waals surface area contributed by atoms with Crippen LogP contribution in [0, 0.1) is 0 Å². The van der Waals surface area contributed by atoms with Crippen LogP contribution in [0.15, 0.2) is 0 Å². The Morgan fingerprint density at radius 3 is 2.52 bits per heavy atom. The fraction of sp³-hybridized carbons (Fsp3) is 0.800. The standard InChI is InChI=1S/C15H28N4O2/c1-6-12-17-13(7-2)19(18-12)11-10-15(5,16-8-3)14(20)21-9-4/h16H,6-11H2,1-5H3. The third-order valence-corrected chi connectivity index (χ3v) is 3.54. The SMILES string of the molecule is CCNC(C)(CCn1nc(CC)nc1CC)C(=O)OCC. The molecule has 1 rings (SSSR count). The van der Waals surface area contributed by atoms with E-state index in [-0.39, 0.29) is 5.97 Å². The zero-order valence-corrected chi connectivity index (χ0v) is 13.9. The molecule has 0 amide bonds. The zero-order chi connectivity index (χ0) is 15.9. The molecule has 0 aliphatic carbocycles. The van der Waals surface area contributed by atoms with Gasteiger partial charge in [0.05, 0.1) is 6.61 Å². The zero-order valence-electron chi connectivity index (χ0n) is 13.9. The Morgan fingerprint density at radius 2 is 2.00 bits per heavy atom. The molecule has 0 radical (unpaired) electrons. The van der Waals surface area contributed by atoms with Crippen LogP contribution in [0.1, 0.15) is 52.7 Å². The van der Waals surface area contributed by atoms with E-state index in [0.717, 1.165) is 24.5 Å². The van der Waals surface area contributed by atoms with E-state index in [2.05, 4.69) is 22.3 Å². The first-order valence-corrected chi connectivity index (χ1v) is 7.85. The number of nitrogens with one attached hydrogen (secondary N) is 1. The summed E-state index contributed by atoms with van der Waals surface area (Å²) in [5, 5.41) is 7.73. The van der Waals surface area contributed by atoms with Gasteiger partial charge in [-0.15, -0.1) is 0 Å². The van der Waals surface area contributed by atoms with Crippen LogP contribution >= 0.6 is 0 Å². The predicted molar refractivity (Wildman–Crippen MR) is 82.1 cm³/mol. The van der Waals surface area contributed by atoms with Gasteiger partial charge < -0.3 is 10.1 Å². The molecule has 0 spiro atoms. The van der Waals surface area contributed by atoms with Gasteiger partial charge >= 0.3 is 5.97 Å². The molecule has 1 heterocycles. The minimum atomic E-state index is -0.686. The first-order chi connectivity index (χ1) is 10.0.